The van der Waals surface area contributed by atoms with Gasteiger partial charge in [0.1, 0.15) is 5.75 Å². The maximum atomic E-state index is 12.2. The molecule has 0 bridgehead atoms. The Balaban J connectivity index is 1.81. The summed E-state index contributed by atoms with van der Waals surface area (Å²) < 4.78 is 10.8. The summed E-state index contributed by atoms with van der Waals surface area (Å²) in [6, 6.07) is 8.00. The van der Waals surface area contributed by atoms with E-state index in [1.54, 1.807) is 4.90 Å². The van der Waals surface area contributed by atoms with Gasteiger partial charge in [0.05, 0.1) is 19.8 Å². The van der Waals surface area contributed by atoms with Crippen LogP contribution in [0.15, 0.2) is 24.3 Å². The van der Waals surface area contributed by atoms with Gasteiger partial charge in [-0.05, 0) is 24.6 Å². The monoisotopic (exact) mass is 292 g/mol. The summed E-state index contributed by atoms with van der Waals surface area (Å²) >= 11 is 0. The van der Waals surface area contributed by atoms with Gasteiger partial charge in [0.2, 0.25) is 5.91 Å². The molecule has 21 heavy (non-hydrogen) atoms. The van der Waals surface area contributed by atoms with Crippen LogP contribution in [-0.2, 0) is 16.1 Å². The Hall–Kier alpha value is -1.59. The number of morpholine rings is 1. The van der Waals surface area contributed by atoms with E-state index in [-0.39, 0.29) is 11.9 Å². The predicted molar refractivity (Wildman–Crippen MR) is 81.3 cm³/mol. The molecule has 116 valence electrons. The van der Waals surface area contributed by atoms with Crippen molar-refractivity contribution in [1.82, 2.24) is 10.2 Å². The molecule has 0 saturated carbocycles. The third-order valence-electron chi connectivity index (χ3n) is 3.50. The van der Waals surface area contributed by atoms with Crippen molar-refractivity contribution < 1.29 is 14.3 Å². The summed E-state index contributed by atoms with van der Waals surface area (Å²) in [6.07, 6.45) is 0.480. The normalized spacial score (nSPS) is 18.3. The third kappa shape index (κ3) is 5.02. The number of carbonyl (C=O) groups is 1. The Morgan fingerprint density at radius 1 is 1.43 bits per heavy atom. The van der Waals surface area contributed by atoms with Gasteiger partial charge >= 0.3 is 0 Å². The summed E-state index contributed by atoms with van der Waals surface area (Å²) in [4.78, 5) is 13.9. The van der Waals surface area contributed by atoms with E-state index in [9.17, 15) is 4.79 Å². The fourth-order valence-electron chi connectivity index (χ4n) is 2.34. The van der Waals surface area contributed by atoms with Crippen LogP contribution >= 0.6 is 0 Å². The lowest BCUT2D eigenvalue weighted by atomic mass is 10.1. The number of benzene rings is 1. The molecule has 1 N–H and O–H groups in total. The number of ether oxygens (including phenoxy) is 2. The van der Waals surface area contributed by atoms with E-state index in [0.717, 1.165) is 24.5 Å². The molecule has 0 aromatic heterocycles. The first kappa shape index (κ1) is 15.8. The van der Waals surface area contributed by atoms with Crippen molar-refractivity contribution in [1.29, 1.82) is 0 Å². The van der Waals surface area contributed by atoms with Crippen LogP contribution in [0.4, 0.5) is 0 Å². The van der Waals surface area contributed by atoms with Crippen LogP contribution in [0.25, 0.3) is 0 Å². The standard InChI is InChI=1S/C16H24N2O3/c1-3-21-15-6-4-13(5-7-15)11-18(2)16(19)10-14-12-20-9-8-17-14/h4-7,14,17H,3,8-12H2,1-2H3. The van der Waals surface area contributed by atoms with Crippen molar-refractivity contribution in [2.75, 3.05) is 33.4 Å². The SMILES string of the molecule is CCOc1ccc(CN(C)C(=O)CC2COCCN2)cc1. The van der Waals surface area contributed by atoms with E-state index < -0.39 is 0 Å². The van der Waals surface area contributed by atoms with Gasteiger partial charge in [0.25, 0.3) is 0 Å². The second kappa shape index (κ2) is 8.00. The summed E-state index contributed by atoms with van der Waals surface area (Å²) in [5.74, 6) is 0.991. The third-order valence-corrected chi connectivity index (χ3v) is 3.50. The van der Waals surface area contributed by atoms with Crippen molar-refractivity contribution in [3.63, 3.8) is 0 Å². The van der Waals surface area contributed by atoms with Gasteiger partial charge in [-0.3, -0.25) is 4.79 Å². The first-order valence-electron chi connectivity index (χ1n) is 7.46. The lowest BCUT2D eigenvalue weighted by molar-refractivity contribution is -0.131. The van der Waals surface area contributed by atoms with Crippen molar-refractivity contribution in [2.24, 2.45) is 0 Å². The largest absolute Gasteiger partial charge is 0.494 e. The molecule has 1 atom stereocenters. The van der Waals surface area contributed by atoms with Crippen molar-refractivity contribution >= 4 is 5.91 Å². The molecule has 1 fully saturated rings. The second-order valence-corrected chi connectivity index (χ2v) is 5.26. The van der Waals surface area contributed by atoms with E-state index in [0.29, 0.717) is 26.2 Å². The van der Waals surface area contributed by atoms with Gasteiger partial charge in [0.15, 0.2) is 0 Å². The Morgan fingerprint density at radius 2 is 2.19 bits per heavy atom. The minimum atomic E-state index is 0.131. The van der Waals surface area contributed by atoms with Crippen LogP contribution in [0.5, 0.6) is 5.75 Å². The fraction of sp³-hybridized carbons (Fsp3) is 0.562. The predicted octanol–water partition coefficient (Wildman–Crippen LogP) is 1.42. The second-order valence-electron chi connectivity index (χ2n) is 5.26. The van der Waals surface area contributed by atoms with Crippen LogP contribution in [0.2, 0.25) is 0 Å². The number of hydrogen-bond donors (Lipinski definition) is 1. The van der Waals surface area contributed by atoms with Crippen LogP contribution in [-0.4, -0.2) is 50.3 Å². The molecular weight excluding hydrogens is 268 g/mol. The Kier molecular flexibility index (Phi) is 6.02. The van der Waals surface area contributed by atoms with Gasteiger partial charge in [-0.25, -0.2) is 0 Å². The first-order valence-corrected chi connectivity index (χ1v) is 7.46. The number of nitrogens with one attached hydrogen (secondary N) is 1. The summed E-state index contributed by atoms with van der Waals surface area (Å²) in [5, 5.41) is 3.30. The summed E-state index contributed by atoms with van der Waals surface area (Å²) in [6.45, 7) is 5.40. The molecular formula is C16H24N2O3. The molecule has 0 aliphatic carbocycles. The highest BCUT2D eigenvalue weighted by Crippen LogP contribution is 2.14. The highest BCUT2D eigenvalue weighted by molar-refractivity contribution is 5.76. The Bertz CT molecular complexity index is 441. The summed E-state index contributed by atoms with van der Waals surface area (Å²) in [7, 11) is 1.84. The minimum Gasteiger partial charge on any atom is -0.494 e. The number of rotatable bonds is 6. The molecule has 5 heteroatoms. The number of nitrogens with zero attached hydrogens (tertiary/aromatic N) is 1. The molecule has 0 spiro atoms. The first-order chi connectivity index (χ1) is 10.2. The highest BCUT2D eigenvalue weighted by Gasteiger charge is 2.19. The molecule has 1 amide bonds. The molecule has 0 radical (unpaired) electrons. The zero-order valence-corrected chi connectivity index (χ0v) is 12.8. The van der Waals surface area contributed by atoms with E-state index in [1.807, 2.05) is 38.2 Å². The molecule has 1 aromatic rings. The minimum absolute atomic E-state index is 0.131. The average molecular weight is 292 g/mol. The highest BCUT2D eigenvalue weighted by atomic mass is 16.5. The quantitative estimate of drug-likeness (QED) is 0.861. The molecule has 1 aromatic carbocycles. The van der Waals surface area contributed by atoms with Crippen LogP contribution in [0.3, 0.4) is 0 Å². The lowest BCUT2D eigenvalue weighted by Crippen LogP contribution is -2.44. The van der Waals surface area contributed by atoms with Crippen molar-refractivity contribution in [3.05, 3.63) is 29.8 Å². The fourth-order valence-corrected chi connectivity index (χ4v) is 2.34. The van der Waals surface area contributed by atoms with Crippen molar-refractivity contribution in [3.8, 4) is 5.75 Å². The molecule has 5 nitrogen and oxygen atoms in total. The van der Waals surface area contributed by atoms with E-state index in [1.165, 1.54) is 0 Å². The molecule has 1 aliphatic rings. The smallest absolute Gasteiger partial charge is 0.224 e. The number of amides is 1. The average Bonchev–Trinajstić information content (AvgIpc) is 2.50. The van der Waals surface area contributed by atoms with Crippen molar-refractivity contribution in [2.45, 2.75) is 25.9 Å². The van der Waals surface area contributed by atoms with E-state index in [4.69, 9.17) is 9.47 Å². The summed E-state index contributed by atoms with van der Waals surface area (Å²) in [5.41, 5.74) is 1.10. The number of carbonyl (C=O) groups excluding carboxylic acids is 1. The number of hydrogen-bond acceptors (Lipinski definition) is 4. The molecule has 1 heterocycles. The molecule has 1 unspecified atom stereocenters. The molecule has 1 saturated heterocycles. The lowest BCUT2D eigenvalue weighted by Gasteiger charge is -2.25. The van der Waals surface area contributed by atoms with Gasteiger partial charge in [-0.2, -0.15) is 0 Å². The van der Waals surface area contributed by atoms with Gasteiger partial charge < -0.3 is 19.7 Å². The molecule has 2 rings (SSSR count). The van der Waals surface area contributed by atoms with Crippen LogP contribution < -0.4 is 10.1 Å². The Morgan fingerprint density at radius 3 is 2.81 bits per heavy atom. The van der Waals surface area contributed by atoms with E-state index in [2.05, 4.69) is 5.32 Å². The van der Waals surface area contributed by atoms with Gasteiger partial charge in [-0.15, -0.1) is 0 Å². The van der Waals surface area contributed by atoms with Gasteiger partial charge in [-0.1, -0.05) is 12.1 Å². The van der Waals surface area contributed by atoms with Gasteiger partial charge in [0, 0.05) is 32.6 Å². The Labute approximate surface area is 126 Å². The van der Waals surface area contributed by atoms with Crippen LogP contribution in [0, 0.1) is 0 Å². The maximum absolute atomic E-state index is 12.2. The zero-order chi connectivity index (χ0) is 15.1. The maximum Gasteiger partial charge on any atom is 0.224 e. The topological polar surface area (TPSA) is 50.8 Å². The van der Waals surface area contributed by atoms with E-state index >= 15 is 0 Å². The van der Waals surface area contributed by atoms with Crippen LogP contribution in [0.1, 0.15) is 18.9 Å². The molecule has 1 aliphatic heterocycles. The zero-order valence-electron chi connectivity index (χ0n) is 12.8.